The average Bonchev–Trinajstić information content (AvgIpc) is 2.27. The molecule has 17 heavy (non-hydrogen) atoms. The Morgan fingerprint density at radius 2 is 2.06 bits per heavy atom. The number of nitrogens with zero attached hydrogens (tertiary/aromatic N) is 2. The highest BCUT2D eigenvalue weighted by atomic mass is 15.1. The molecule has 96 valence electrons. The van der Waals surface area contributed by atoms with E-state index in [1.807, 2.05) is 6.20 Å². The SMILES string of the molecule is CC(N(C)Cc1ccnc(CN)c1)C(C)(C)C. The molecule has 0 amide bonds. The van der Waals surface area contributed by atoms with Crippen molar-refractivity contribution in [3.05, 3.63) is 29.6 Å². The van der Waals surface area contributed by atoms with Crippen molar-refractivity contribution in [1.29, 1.82) is 0 Å². The summed E-state index contributed by atoms with van der Waals surface area (Å²) < 4.78 is 0. The summed E-state index contributed by atoms with van der Waals surface area (Å²) in [6.07, 6.45) is 1.84. The number of hydrogen-bond acceptors (Lipinski definition) is 3. The number of nitrogens with two attached hydrogens (primary N) is 1. The Labute approximate surface area is 105 Å². The minimum Gasteiger partial charge on any atom is -0.325 e. The molecule has 0 spiro atoms. The first-order valence-corrected chi connectivity index (χ1v) is 6.18. The first-order chi connectivity index (χ1) is 7.84. The van der Waals surface area contributed by atoms with Gasteiger partial charge in [-0.15, -0.1) is 0 Å². The Bertz CT molecular complexity index is 355. The van der Waals surface area contributed by atoms with Gasteiger partial charge in [-0.2, -0.15) is 0 Å². The van der Waals surface area contributed by atoms with E-state index in [0.29, 0.717) is 18.0 Å². The van der Waals surface area contributed by atoms with E-state index in [9.17, 15) is 0 Å². The van der Waals surface area contributed by atoms with Crippen LogP contribution in [0.15, 0.2) is 18.3 Å². The molecule has 3 heteroatoms. The molecular formula is C14H25N3. The molecule has 1 rings (SSSR count). The van der Waals surface area contributed by atoms with Gasteiger partial charge in [-0.25, -0.2) is 0 Å². The fraction of sp³-hybridized carbons (Fsp3) is 0.643. The zero-order valence-corrected chi connectivity index (χ0v) is 11.7. The minimum atomic E-state index is 0.290. The normalized spacial score (nSPS) is 14.1. The Hall–Kier alpha value is -0.930. The predicted molar refractivity (Wildman–Crippen MR) is 72.5 cm³/mol. The number of pyridine rings is 1. The molecule has 0 saturated heterocycles. The second kappa shape index (κ2) is 5.61. The lowest BCUT2D eigenvalue weighted by atomic mass is 9.87. The number of hydrogen-bond donors (Lipinski definition) is 1. The molecule has 0 radical (unpaired) electrons. The van der Waals surface area contributed by atoms with Crippen LogP contribution in [0.3, 0.4) is 0 Å². The van der Waals surface area contributed by atoms with Crippen LogP contribution in [0.4, 0.5) is 0 Å². The van der Waals surface area contributed by atoms with Crippen LogP contribution in [0.2, 0.25) is 0 Å². The average molecular weight is 235 g/mol. The van der Waals surface area contributed by atoms with Crippen molar-refractivity contribution >= 4 is 0 Å². The van der Waals surface area contributed by atoms with Gasteiger partial charge < -0.3 is 5.73 Å². The Morgan fingerprint density at radius 3 is 2.59 bits per heavy atom. The molecule has 1 aromatic heterocycles. The molecule has 0 aliphatic rings. The molecular weight excluding hydrogens is 210 g/mol. The monoisotopic (exact) mass is 235 g/mol. The first-order valence-electron chi connectivity index (χ1n) is 6.18. The van der Waals surface area contributed by atoms with E-state index < -0.39 is 0 Å². The van der Waals surface area contributed by atoms with E-state index in [2.05, 4.69) is 56.8 Å². The molecule has 0 aromatic carbocycles. The van der Waals surface area contributed by atoms with Gasteiger partial charge in [0.15, 0.2) is 0 Å². The zero-order valence-electron chi connectivity index (χ0n) is 11.7. The summed E-state index contributed by atoms with van der Waals surface area (Å²) in [6.45, 7) is 10.5. The lowest BCUT2D eigenvalue weighted by Crippen LogP contribution is -2.38. The Morgan fingerprint density at radius 1 is 1.41 bits per heavy atom. The third kappa shape index (κ3) is 4.10. The number of aromatic nitrogens is 1. The van der Waals surface area contributed by atoms with Crippen molar-refractivity contribution < 1.29 is 0 Å². The molecule has 0 aliphatic heterocycles. The Balaban J connectivity index is 2.70. The third-order valence-electron chi connectivity index (χ3n) is 3.44. The lowest BCUT2D eigenvalue weighted by Gasteiger charge is -2.35. The summed E-state index contributed by atoms with van der Waals surface area (Å²) >= 11 is 0. The van der Waals surface area contributed by atoms with Crippen LogP contribution >= 0.6 is 0 Å². The molecule has 3 nitrogen and oxygen atoms in total. The van der Waals surface area contributed by atoms with Gasteiger partial charge in [-0.1, -0.05) is 20.8 Å². The molecule has 0 fully saturated rings. The fourth-order valence-corrected chi connectivity index (χ4v) is 1.82. The van der Waals surface area contributed by atoms with E-state index in [4.69, 9.17) is 5.73 Å². The van der Waals surface area contributed by atoms with Crippen LogP contribution < -0.4 is 5.73 Å². The summed E-state index contributed by atoms with van der Waals surface area (Å²) in [7, 11) is 2.17. The zero-order chi connectivity index (χ0) is 13.1. The van der Waals surface area contributed by atoms with Gasteiger partial charge in [0, 0.05) is 25.3 Å². The maximum atomic E-state index is 5.60. The van der Waals surface area contributed by atoms with Crippen LogP contribution in [0, 0.1) is 5.41 Å². The first kappa shape index (κ1) is 14.1. The maximum absolute atomic E-state index is 5.60. The minimum absolute atomic E-state index is 0.290. The second-order valence-electron chi connectivity index (χ2n) is 5.82. The maximum Gasteiger partial charge on any atom is 0.0542 e. The third-order valence-corrected chi connectivity index (χ3v) is 3.44. The van der Waals surface area contributed by atoms with Crippen molar-refractivity contribution in [1.82, 2.24) is 9.88 Å². The quantitative estimate of drug-likeness (QED) is 0.871. The van der Waals surface area contributed by atoms with Crippen LogP contribution in [-0.4, -0.2) is 23.0 Å². The van der Waals surface area contributed by atoms with Gasteiger partial charge in [0.05, 0.1) is 5.69 Å². The summed E-state index contributed by atoms with van der Waals surface area (Å²) in [4.78, 5) is 6.59. The molecule has 0 saturated carbocycles. The van der Waals surface area contributed by atoms with E-state index in [1.54, 1.807) is 0 Å². The van der Waals surface area contributed by atoms with Crippen molar-refractivity contribution in [2.24, 2.45) is 11.1 Å². The van der Waals surface area contributed by atoms with Crippen molar-refractivity contribution in [2.75, 3.05) is 7.05 Å². The molecule has 1 heterocycles. The molecule has 1 atom stereocenters. The van der Waals surface area contributed by atoms with E-state index in [0.717, 1.165) is 12.2 Å². The van der Waals surface area contributed by atoms with Gasteiger partial charge >= 0.3 is 0 Å². The summed E-state index contributed by atoms with van der Waals surface area (Å²) in [5.74, 6) is 0. The standard InChI is InChI=1S/C14H25N3/c1-11(14(2,3)4)17(5)10-12-6-7-16-13(8-12)9-15/h6-8,11H,9-10,15H2,1-5H3. The molecule has 1 unspecified atom stereocenters. The van der Waals surface area contributed by atoms with Crippen LogP contribution in [0.25, 0.3) is 0 Å². The van der Waals surface area contributed by atoms with Gasteiger partial charge in [0.1, 0.15) is 0 Å². The van der Waals surface area contributed by atoms with Crippen LogP contribution in [0.5, 0.6) is 0 Å². The second-order valence-corrected chi connectivity index (χ2v) is 5.82. The Kier molecular flexibility index (Phi) is 4.66. The predicted octanol–water partition coefficient (Wildman–Crippen LogP) is 2.41. The highest BCUT2D eigenvalue weighted by Gasteiger charge is 2.23. The highest BCUT2D eigenvalue weighted by molar-refractivity contribution is 5.16. The van der Waals surface area contributed by atoms with Gasteiger partial charge in [-0.05, 0) is 37.1 Å². The van der Waals surface area contributed by atoms with Crippen molar-refractivity contribution in [3.8, 4) is 0 Å². The summed E-state index contributed by atoms with van der Waals surface area (Å²) in [5.41, 5.74) is 8.13. The fourth-order valence-electron chi connectivity index (χ4n) is 1.82. The van der Waals surface area contributed by atoms with Crippen molar-refractivity contribution in [3.63, 3.8) is 0 Å². The van der Waals surface area contributed by atoms with Gasteiger partial charge in [0.25, 0.3) is 0 Å². The molecule has 0 bridgehead atoms. The van der Waals surface area contributed by atoms with E-state index >= 15 is 0 Å². The van der Waals surface area contributed by atoms with Crippen LogP contribution in [0.1, 0.15) is 39.0 Å². The molecule has 1 aromatic rings. The smallest absolute Gasteiger partial charge is 0.0542 e. The van der Waals surface area contributed by atoms with Crippen LogP contribution in [-0.2, 0) is 13.1 Å². The topological polar surface area (TPSA) is 42.2 Å². The van der Waals surface area contributed by atoms with E-state index in [-0.39, 0.29) is 0 Å². The molecule has 2 N–H and O–H groups in total. The molecule has 0 aliphatic carbocycles. The summed E-state index contributed by atoms with van der Waals surface area (Å²) in [5, 5.41) is 0. The largest absolute Gasteiger partial charge is 0.325 e. The van der Waals surface area contributed by atoms with Crippen molar-refractivity contribution in [2.45, 2.75) is 46.8 Å². The van der Waals surface area contributed by atoms with E-state index in [1.165, 1.54) is 5.56 Å². The van der Waals surface area contributed by atoms with Gasteiger partial charge in [0.2, 0.25) is 0 Å². The van der Waals surface area contributed by atoms with Gasteiger partial charge in [-0.3, -0.25) is 9.88 Å². The summed E-state index contributed by atoms with van der Waals surface area (Å²) in [6, 6.07) is 4.67. The number of rotatable bonds is 4. The lowest BCUT2D eigenvalue weighted by molar-refractivity contribution is 0.134. The highest BCUT2D eigenvalue weighted by Crippen LogP contribution is 2.24.